The monoisotopic (exact) mass is 236 g/mol. The van der Waals surface area contributed by atoms with E-state index in [-0.39, 0.29) is 18.3 Å². The maximum absolute atomic E-state index is 10.8. The molecule has 0 heterocycles. The molecule has 0 atom stereocenters. The molecule has 0 aliphatic heterocycles. The van der Waals surface area contributed by atoms with Gasteiger partial charge in [0.05, 0.1) is 6.42 Å². The predicted octanol–water partition coefficient (Wildman–Crippen LogP) is 3.27. The van der Waals surface area contributed by atoms with Crippen molar-refractivity contribution in [3.8, 4) is 5.75 Å². The Hall–Kier alpha value is -1.51. The molecule has 0 bridgehead atoms. The van der Waals surface area contributed by atoms with Gasteiger partial charge in [0.15, 0.2) is 0 Å². The van der Waals surface area contributed by atoms with Crippen LogP contribution in [0.5, 0.6) is 5.75 Å². The number of rotatable bonds is 4. The summed E-state index contributed by atoms with van der Waals surface area (Å²) in [6.07, 6.45) is -0.000278. The third-order valence-corrected chi connectivity index (χ3v) is 2.83. The fourth-order valence-electron chi connectivity index (χ4n) is 1.90. The number of hydrogen-bond acceptors (Lipinski definition) is 2. The minimum atomic E-state index is -0.847. The Bertz CT molecular complexity index is 390. The van der Waals surface area contributed by atoms with E-state index >= 15 is 0 Å². The summed E-state index contributed by atoms with van der Waals surface area (Å²) in [5.74, 6) is -0.174. The van der Waals surface area contributed by atoms with Crippen LogP contribution in [0.2, 0.25) is 0 Å². The van der Waals surface area contributed by atoms with Gasteiger partial charge in [0.1, 0.15) is 5.75 Å². The van der Waals surface area contributed by atoms with Crippen molar-refractivity contribution in [1.29, 1.82) is 0 Å². The van der Waals surface area contributed by atoms with Gasteiger partial charge >= 0.3 is 5.97 Å². The fourth-order valence-corrected chi connectivity index (χ4v) is 1.90. The molecule has 0 unspecified atom stereocenters. The molecule has 94 valence electrons. The summed E-state index contributed by atoms with van der Waals surface area (Å²) in [6.45, 7) is 7.96. The van der Waals surface area contributed by atoms with Gasteiger partial charge in [-0.3, -0.25) is 4.79 Å². The predicted molar refractivity (Wildman–Crippen MR) is 67.6 cm³/mol. The summed E-state index contributed by atoms with van der Waals surface area (Å²) in [5.41, 5.74) is 2.41. The molecule has 0 aliphatic rings. The normalized spacial score (nSPS) is 11.2. The number of hydrogen-bond donors (Lipinski definition) is 2. The lowest BCUT2D eigenvalue weighted by Gasteiger charge is -2.17. The van der Waals surface area contributed by atoms with Crippen LogP contribution >= 0.6 is 0 Å². The molecule has 1 aromatic carbocycles. The Morgan fingerprint density at radius 3 is 1.82 bits per heavy atom. The molecule has 0 aromatic heterocycles. The summed E-state index contributed by atoms with van der Waals surface area (Å²) < 4.78 is 0. The van der Waals surface area contributed by atoms with E-state index in [0.29, 0.717) is 5.75 Å². The molecule has 0 aliphatic carbocycles. The van der Waals surface area contributed by atoms with Crippen molar-refractivity contribution in [3.63, 3.8) is 0 Å². The first kappa shape index (κ1) is 13.6. The molecule has 0 amide bonds. The standard InChI is InChI=1S/C14H20O3/c1-8(2)11-5-10(7-13(15)16)6-12(9(3)4)14(11)17/h5-6,8-9,17H,7H2,1-4H3,(H,15,16). The molecule has 1 aromatic rings. The molecular weight excluding hydrogens is 216 g/mol. The number of aromatic hydroxyl groups is 1. The van der Waals surface area contributed by atoms with Crippen LogP contribution in [-0.2, 0) is 11.2 Å². The Balaban J connectivity index is 3.31. The lowest BCUT2D eigenvalue weighted by Crippen LogP contribution is -2.04. The molecular formula is C14H20O3. The Morgan fingerprint density at radius 1 is 1.12 bits per heavy atom. The first-order chi connectivity index (χ1) is 7.82. The SMILES string of the molecule is CC(C)c1cc(CC(=O)O)cc(C(C)C)c1O. The van der Waals surface area contributed by atoms with E-state index in [0.717, 1.165) is 16.7 Å². The second-order valence-electron chi connectivity index (χ2n) is 5.00. The molecule has 3 nitrogen and oxygen atoms in total. The lowest BCUT2D eigenvalue weighted by atomic mass is 9.91. The highest BCUT2D eigenvalue weighted by Crippen LogP contribution is 2.34. The van der Waals surface area contributed by atoms with Crippen molar-refractivity contribution in [2.75, 3.05) is 0 Å². The summed E-state index contributed by atoms with van der Waals surface area (Å²) in [6, 6.07) is 3.58. The van der Waals surface area contributed by atoms with E-state index < -0.39 is 5.97 Å². The number of carboxylic acids is 1. The number of carbonyl (C=O) groups is 1. The molecule has 0 spiro atoms. The van der Waals surface area contributed by atoms with Gasteiger partial charge in [-0.25, -0.2) is 0 Å². The quantitative estimate of drug-likeness (QED) is 0.843. The van der Waals surface area contributed by atoms with Crippen molar-refractivity contribution >= 4 is 5.97 Å². The van der Waals surface area contributed by atoms with Crippen LogP contribution in [0, 0.1) is 0 Å². The summed E-state index contributed by atoms with van der Waals surface area (Å²) in [4.78, 5) is 10.8. The highest BCUT2D eigenvalue weighted by atomic mass is 16.4. The van der Waals surface area contributed by atoms with Gasteiger partial charge in [-0.2, -0.15) is 0 Å². The van der Waals surface area contributed by atoms with E-state index in [1.54, 1.807) is 12.1 Å². The maximum Gasteiger partial charge on any atom is 0.307 e. The molecule has 2 N–H and O–H groups in total. The van der Waals surface area contributed by atoms with Gasteiger partial charge in [0, 0.05) is 0 Å². The van der Waals surface area contributed by atoms with Crippen LogP contribution in [0.1, 0.15) is 56.2 Å². The Kier molecular flexibility index (Phi) is 4.16. The molecule has 3 heteroatoms. The zero-order valence-electron chi connectivity index (χ0n) is 10.8. The fraction of sp³-hybridized carbons (Fsp3) is 0.500. The van der Waals surface area contributed by atoms with E-state index in [1.807, 2.05) is 27.7 Å². The smallest absolute Gasteiger partial charge is 0.307 e. The van der Waals surface area contributed by atoms with Gasteiger partial charge in [-0.1, -0.05) is 39.8 Å². The van der Waals surface area contributed by atoms with Crippen LogP contribution in [0.15, 0.2) is 12.1 Å². The first-order valence-electron chi connectivity index (χ1n) is 5.90. The average molecular weight is 236 g/mol. The van der Waals surface area contributed by atoms with Crippen LogP contribution in [0.3, 0.4) is 0 Å². The maximum atomic E-state index is 10.8. The topological polar surface area (TPSA) is 57.5 Å². The van der Waals surface area contributed by atoms with E-state index in [2.05, 4.69) is 0 Å². The van der Waals surface area contributed by atoms with E-state index in [1.165, 1.54) is 0 Å². The third kappa shape index (κ3) is 3.22. The Labute approximate surface area is 102 Å². The third-order valence-electron chi connectivity index (χ3n) is 2.83. The van der Waals surface area contributed by atoms with Gasteiger partial charge in [0.2, 0.25) is 0 Å². The van der Waals surface area contributed by atoms with Crippen molar-refractivity contribution < 1.29 is 15.0 Å². The van der Waals surface area contributed by atoms with Crippen LogP contribution in [0.4, 0.5) is 0 Å². The molecule has 1 rings (SSSR count). The Morgan fingerprint density at radius 2 is 1.53 bits per heavy atom. The molecule has 17 heavy (non-hydrogen) atoms. The van der Waals surface area contributed by atoms with Crippen molar-refractivity contribution in [2.45, 2.75) is 46.0 Å². The van der Waals surface area contributed by atoms with E-state index in [4.69, 9.17) is 5.11 Å². The van der Waals surface area contributed by atoms with Gasteiger partial charge in [-0.05, 0) is 28.5 Å². The first-order valence-corrected chi connectivity index (χ1v) is 5.90. The van der Waals surface area contributed by atoms with Crippen LogP contribution in [-0.4, -0.2) is 16.2 Å². The summed E-state index contributed by atoms with van der Waals surface area (Å²) >= 11 is 0. The summed E-state index contributed by atoms with van der Waals surface area (Å²) in [7, 11) is 0. The van der Waals surface area contributed by atoms with E-state index in [9.17, 15) is 9.90 Å². The zero-order valence-corrected chi connectivity index (χ0v) is 10.8. The number of phenolic OH excluding ortho intramolecular Hbond substituents is 1. The molecule has 0 saturated heterocycles. The van der Waals surface area contributed by atoms with Crippen LogP contribution in [0.25, 0.3) is 0 Å². The number of carboxylic acid groups (broad SMARTS) is 1. The second-order valence-corrected chi connectivity index (χ2v) is 5.00. The highest BCUT2D eigenvalue weighted by molar-refractivity contribution is 5.70. The number of aliphatic carboxylic acids is 1. The van der Waals surface area contributed by atoms with Crippen molar-refractivity contribution in [2.24, 2.45) is 0 Å². The van der Waals surface area contributed by atoms with Crippen molar-refractivity contribution in [1.82, 2.24) is 0 Å². The van der Waals surface area contributed by atoms with Crippen molar-refractivity contribution in [3.05, 3.63) is 28.8 Å². The van der Waals surface area contributed by atoms with Gasteiger partial charge in [0.25, 0.3) is 0 Å². The molecule has 0 radical (unpaired) electrons. The molecule has 0 fully saturated rings. The minimum absolute atomic E-state index is 0.000278. The lowest BCUT2D eigenvalue weighted by molar-refractivity contribution is -0.136. The highest BCUT2D eigenvalue weighted by Gasteiger charge is 2.15. The second kappa shape index (κ2) is 5.21. The largest absolute Gasteiger partial charge is 0.507 e. The molecule has 0 saturated carbocycles. The van der Waals surface area contributed by atoms with Crippen LogP contribution < -0.4 is 0 Å². The number of phenols is 1. The average Bonchev–Trinajstić information content (AvgIpc) is 2.18. The van der Waals surface area contributed by atoms with Gasteiger partial charge in [-0.15, -0.1) is 0 Å². The summed E-state index contributed by atoms with van der Waals surface area (Å²) in [5, 5.41) is 19.0. The zero-order chi connectivity index (χ0) is 13.2. The minimum Gasteiger partial charge on any atom is -0.507 e. The number of benzene rings is 1. The van der Waals surface area contributed by atoms with Gasteiger partial charge < -0.3 is 10.2 Å².